The molecule has 1 aromatic rings. The van der Waals surface area contributed by atoms with Gasteiger partial charge in [0.2, 0.25) is 5.95 Å². The van der Waals surface area contributed by atoms with Crippen LogP contribution in [0.3, 0.4) is 0 Å². The number of hydrogen-bond acceptors (Lipinski definition) is 9. The van der Waals surface area contributed by atoms with Gasteiger partial charge in [-0.05, 0) is 82.8 Å². The van der Waals surface area contributed by atoms with Gasteiger partial charge in [-0.1, -0.05) is 32.4 Å². The van der Waals surface area contributed by atoms with Crippen LogP contribution in [0.5, 0.6) is 0 Å². The van der Waals surface area contributed by atoms with E-state index in [1.165, 1.54) is 5.57 Å². The third-order valence-corrected chi connectivity index (χ3v) is 13.2. The first-order chi connectivity index (χ1) is 22.8. The van der Waals surface area contributed by atoms with Gasteiger partial charge in [-0.25, -0.2) is 4.39 Å². The Bertz CT molecular complexity index is 1450. The summed E-state index contributed by atoms with van der Waals surface area (Å²) in [5, 5.41) is 12.5. The molecule has 2 heterocycles. The van der Waals surface area contributed by atoms with E-state index in [0.717, 1.165) is 56.9 Å². The number of rotatable bonds is 10. The summed E-state index contributed by atoms with van der Waals surface area (Å²) in [5.74, 6) is 2.27. The molecular weight excluding hydrogens is 678 g/mol. The monoisotopic (exact) mass is 736 g/mol. The standard InChI is InChI=1S/C38H57FN6O3.2ClH/c1-8-43(9-2)33-23-34(41-35(40-33)44(10-3)11-4)45-18-16-42(17-19-45)24-32(47)38(48)25(5)20-29-27-22-31(39)30-21-26(46)12-14-36(30,6)28(27)13-15-37(29,38)7;;/h13,21,23,25,27,29,31,48H,8-12,14-20,22,24H2,1-7H3;2*1H/t25?,27-,29+,31?,36-,37+,38+;;/m1../s1. The Morgan fingerprint density at radius 1 is 0.980 bits per heavy atom. The lowest BCUT2D eigenvalue weighted by Crippen LogP contribution is -2.60. The number of alkyl halides is 1. The van der Waals surface area contributed by atoms with E-state index < -0.39 is 22.6 Å². The molecule has 12 heteroatoms. The van der Waals surface area contributed by atoms with E-state index in [1.807, 2.05) is 6.92 Å². The van der Waals surface area contributed by atoms with Crippen molar-refractivity contribution < 1.29 is 19.1 Å². The molecule has 280 valence electrons. The summed E-state index contributed by atoms with van der Waals surface area (Å²) in [5.41, 5.74) is -0.726. The molecule has 4 aliphatic carbocycles. The van der Waals surface area contributed by atoms with E-state index >= 15 is 4.39 Å². The van der Waals surface area contributed by atoms with E-state index in [9.17, 15) is 14.7 Å². The first-order valence-corrected chi connectivity index (χ1v) is 18.6. The molecule has 6 rings (SSSR count). The van der Waals surface area contributed by atoms with Crippen LogP contribution < -0.4 is 14.7 Å². The zero-order chi connectivity index (χ0) is 34.6. The molecule has 0 spiro atoms. The number of piperazine rings is 1. The highest BCUT2D eigenvalue weighted by atomic mass is 35.5. The second-order valence-corrected chi connectivity index (χ2v) is 15.4. The number of anilines is 3. The maximum atomic E-state index is 15.8. The van der Waals surface area contributed by atoms with Gasteiger partial charge in [-0.15, -0.1) is 24.8 Å². The normalized spacial score (nSPS) is 33.5. The minimum absolute atomic E-state index is 0. The number of Topliss-reactive ketones (excluding diaryl/α,β-unsaturated/α-hetero) is 1. The molecule has 50 heavy (non-hydrogen) atoms. The number of halogens is 3. The molecule has 7 atom stereocenters. The van der Waals surface area contributed by atoms with Gasteiger partial charge in [0.05, 0.1) is 6.54 Å². The number of allylic oxidation sites excluding steroid dienone is 4. The number of fused-ring (bicyclic) bond motifs is 5. The van der Waals surface area contributed by atoms with Gasteiger partial charge in [-0.2, -0.15) is 9.97 Å². The number of hydrogen-bond donors (Lipinski definition) is 1. The molecule has 0 aromatic carbocycles. The summed E-state index contributed by atoms with van der Waals surface area (Å²) in [7, 11) is 0. The van der Waals surface area contributed by atoms with E-state index in [0.29, 0.717) is 50.8 Å². The van der Waals surface area contributed by atoms with Crippen LogP contribution in [0.1, 0.15) is 80.6 Å². The zero-order valence-corrected chi connectivity index (χ0v) is 32.7. The van der Waals surface area contributed by atoms with Gasteiger partial charge in [-0.3, -0.25) is 14.5 Å². The lowest BCUT2D eigenvalue weighted by molar-refractivity contribution is -0.160. The van der Waals surface area contributed by atoms with Crippen molar-refractivity contribution in [2.75, 3.05) is 73.6 Å². The molecule has 1 aliphatic heterocycles. The van der Waals surface area contributed by atoms with Crippen molar-refractivity contribution >= 4 is 54.0 Å². The highest BCUT2D eigenvalue weighted by Gasteiger charge is 2.68. The lowest BCUT2D eigenvalue weighted by atomic mass is 9.50. The van der Waals surface area contributed by atoms with E-state index in [1.54, 1.807) is 6.08 Å². The van der Waals surface area contributed by atoms with Crippen LogP contribution in [0.4, 0.5) is 22.0 Å². The van der Waals surface area contributed by atoms with Crippen molar-refractivity contribution in [2.45, 2.75) is 92.3 Å². The van der Waals surface area contributed by atoms with Gasteiger partial charge in [0.15, 0.2) is 11.6 Å². The molecule has 2 unspecified atom stereocenters. The largest absolute Gasteiger partial charge is 0.381 e. The van der Waals surface area contributed by atoms with Crippen molar-refractivity contribution in [3.05, 3.63) is 29.4 Å². The fraction of sp³-hybridized carbons (Fsp3) is 0.737. The number of aliphatic hydroxyl groups is 1. The Hall–Kier alpha value is -2.27. The van der Waals surface area contributed by atoms with Crippen molar-refractivity contribution in [2.24, 2.45) is 28.6 Å². The van der Waals surface area contributed by atoms with Crippen LogP contribution in [0, 0.1) is 28.6 Å². The van der Waals surface area contributed by atoms with Gasteiger partial charge in [0.1, 0.15) is 23.4 Å². The minimum Gasteiger partial charge on any atom is -0.381 e. The van der Waals surface area contributed by atoms with Crippen molar-refractivity contribution in [1.82, 2.24) is 14.9 Å². The van der Waals surface area contributed by atoms with Crippen LogP contribution in [0.25, 0.3) is 0 Å². The summed E-state index contributed by atoms with van der Waals surface area (Å²) in [6.45, 7) is 21.2. The average Bonchev–Trinajstić information content (AvgIpc) is 3.29. The molecule has 3 fully saturated rings. The molecule has 5 aliphatic rings. The Balaban J connectivity index is 0.00000281. The first-order valence-electron chi connectivity index (χ1n) is 18.6. The summed E-state index contributed by atoms with van der Waals surface area (Å²) in [6.07, 6.45) is 5.31. The second kappa shape index (κ2) is 15.4. The Morgan fingerprint density at radius 2 is 1.62 bits per heavy atom. The second-order valence-electron chi connectivity index (χ2n) is 15.4. The van der Waals surface area contributed by atoms with Crippen molar-refractivity contribution in [3.8, 4) is 0 Å². The molecular formula is C38H59Cl2FN6O3. The van der Waals surface area contributed by atoms with Gasteiger partial charge < -0.3 is 19.8 Å². The van der Waals surface area contributed by atoms with Crippen LogP contribution in [0.15, 0.2) is 29.4 Å². The van der Waals surface area contributed by atoms with E-state index in [4.69, 9.17) is 9.97 Å². The van der Waals surface area contributed by atoms with Gasteiger partial charge in [0, 0.05) is 75.7 Å². The average molecular weight is 738 g/mol. The van der Waals surface area contributed by atoms with Crippen molar-refractivity contribution in [1.29, 1.82) is 0 Å². The Kier molecular flexibility index (Phi) is 12.5. The van der Waals surface area contributed by atoms with E-state index in [2.05, 4.69) is 73.3 Å². The third kappa shape index (κ3) is 6.49. The molecule has 9 nitrogen and oxygen atoms in total. The summed E-state index contributed by atoms with van der Waals surface area (Å²) in [4.78, 5) is 45.3. The number of nitrogens with zero attached hydrogens (tertiary/aromatic N) is 6. The molecule has 1 saturated heterocycles. The topological polar surface area (TPSA) is 93.1 Å². The smallest absolute Gasteiger partial charge is 0.229 e. The first kappa shape index (κ1) is 40.5. The summed E-state index contributed by atoms with van der Waals surface area (Å²) in [6, 6.07) is 2.09. The third-order valence-electron chi connectivity index (χ3n) is 13.2. The predicted molar refractivity (Wildman–Crippen MR) is 204 cm³/mol. The summed E-state index contributed by atoms with van der Waals surface area (Å²) >= 11 is 0. The minimum atomic E-state index is -1.48. The fourth-order valence-electron chi connectivity index (χ4n) is 10.2. The Labute approximate surface area is 310 Å². The molecule has 0 bridgehead atoms. The fourth-order valence-corrected chi connectivity index (χ4v) is 10.2. The SMILES string of the molecule is CCN(CC)c1cc(N2CCN(CC(=O)[C@@]3(O)C(C)C[C@H]4[C@@H]5CC(F)C6=CC(=O)CC[C@]6(C)C5=CC[C@@]43C)CC2)nc(N(CC)CC)n1.Cl.Cl. The van der Waals surface area contributed by atoms with Gasteiger partial charge >= 0.3 is 0 Å². The maximum absolute atomic E-state index is 15.8. The zero-order valence-electron chi connectivity index (χ0n) is 31.1. The molecule has 1 N–H and O–H groups in total. The van der Waals surface area contributed by atoms with Gasteiger partial charge in [0.25, 0.3) is 0 Å². The van der Waals surface area contributed by atoms with Crippen LogP contribution in [-0.4, -0.2) is 102 Å². The molecule has 0 amide bonds. The van der Waals surface area contributed by atoms with Crippen LogP contribution >= 0.6 is 24.8 Å². The van der Waals surface area contributed by atoms with E-state index in [-0.39, 0.29) is 60.7 Å². The summed E-state index contributed by atoms with van der Waals surface area (Å²) < 4.78 is 15.8. The quantitative estimate of drug-likeness (QED) is 0.287. The number of carbonyl (C=O) groups excluding carboxylic acids is 2. The highest BCUT2D eigenvalue weighted by Crippen LogP contribution is 2.67. The van der Waals surface area contributed by atoms with Crippen LogP contribution in [-0.2, 0) is 9.59 Å². The highest BCUT2D eigenvalue weighted by molar-refractivity contribution is 5.92. The number of carbonyl (C=O) groups is 2. The lowest BCUT2D eigenvalue weighted by Gasteiger charge is -2.55. The number of aromatic nitrogens is 2. The van der Waals surface area contributed by atoms with Crippen LogP contribution in [0.2, 0.25) is 0 Å². The maximum Gasteiger partial charge on any atom is 0.229 e. The Morgan fingerprint density at radius 3 is 2.24 bits per heavy atom. The molecule has 0 radical (unpaired) electrons. The number of ketones is 2. The molecule has 1 aromatic heterocycles. The molecule has 2 saturated carbocycles. The predicted octanol–water partition coefficient (Wildman–Crippen LogP) is 6.08. The van der Waals surface area contributed by atoms with Crippen molar-refractivity contribution in [3.63, 3.8) is 0 Å².